The number of amidine groups is 1. The van der Waals surface area contributed by atoms with E-state index in [4.69, 9.17) is 20.6 Å². The Morgan fingerprint density at radius 2 is 2.05 bits per heavy atom. The Morgan fingerprint density at radius 1 is 1.33 bits per heavy atom. The first-order chi connectivity index (χ1) is 10.1. The Bertz CT molecular complexity index is 479. The van der Waals surface area contributed by atoms with Gasteiger partial charge in [0.1, 0.15) is 5.75 Å². The third-order valence-corrected chi connectivity index (χ3v) is 2.85. The number of benzene rings is 1. The predicted octanol–water partition coefficient (Wildman–Crippen LogP) is 1.50. The fourth-order valence-corrected chi connectivity index (χ4v) is 1.71. The molecule has 0 fully saturated rings. The number of hydrogen-bond donors (Lipinski definition) is 3. The number of rotatable bonds is 8. The first-order valence-electron chi connectivity index (χ1n) is 6.59. The molecule has 0 aliphatic carbocycles. The lowest BCUT2D eigenvalue weighted by Gasteiger charge is -2.23. The fraction of sp³-hybridized carbons (Fsp3) is 0.429. The summed E-state index contributed by atoms with van der Waals surface area (Å²) in [6.45, 7) is 1.20. The quantitative estimate of drug-likeness (QED) is 0.499. The molecular formula is C14H22N4O3. The van der Waals surface area contributed by atoms with Gasteiger partial charge < -0.3 is 25.4 Å². The summed E-state index contributed by atoms with van der Waals surface area (Å²) in [5, 5.41) is 10.0. The topological polar surface area (TPSA) is 101 Å². The van der Waals surface area contributed by atoms with E-state index in [-0.39, 0.29) is 11.9 Å². The SMILES string of the molecule is COCCN(CCC(=N)N)C(=O)Nc1ccccc1OC. The maximum absolute atomic E-state index is 12.3. The molecule has 0 unspecified atom stereocenters. The summed E-state index contributed by atoms with van der Waals surface area (Å²) in [6.07, 6.45) is 0.322. The maximum Gasteiger partial charge on any atom is 0.322 e. The van der Waals surface area contributed by atoms with Crippen molar-refractivity contribution in [2.24, 2.45) is 5.73 Å². The lowest BCUT2D eigenvalue weighted by Crippen LogP contribution is -2.39. The molecule has 0 heterocycles. The van der Waals surface area contributed by atoms with Gasteiger partial charge in [-0.05, 0) is 12.1 Å². The zero-order valence-electron chi connectivity index (χ0n) is 12.4. The molecule has 0 aliphatic heterocycles. The second-order valence-corrected chi connectivity index (χ2v) is 4.39. The van der Waals surface area contributed by atoms with Crippen LogP contribution in [0.5, 0.6) is 5.75 Å². The largest absolute Gasteiger partial charge is 0.495 e. The van der Waals surface area contributed by atoms with Crippen molar-refractivity contribution in [3.63, 3.8) is 0 Å². The molecular weight excluding hydrogens is 272 g/mol. The summed E-state index contributed by atoms with van der Waals surface area (Å²) >= 11 is 0. The molecule has 0 aromatic heterocycles. The van der Waals surface area contributed by atoms with E-state index in [1.54, 1.807) is 31.3 Å². The minimum atomic E-state index is -0.280. The van der Waals surface area contributed by atoms with Crippen LogP contribution in [0, 0.1) is 5.41 Å². The Balaban J connectivity index is 2.72. The van der Waals surface area contributed by atoms with E-state index in [1.807, 2.05) is 12.1 Å². The molecule has 0 spiro atoms. The van der Waals surface area contributed by atoms with Gasteiger partial charge in [0.25, 0.3) is 0 Å². The van der Waals surface area contributed by atoms with Crippen molar-refractivity contribution in [3.8, 4) is 5.75 Å². The van der Waals surface area contributed by atoms with Gasteiger partial charge in [0.2, 0.25) is 0 Å². The van der Waals surface area contributed by atoms with Crippen LogP contribution in [0.4, 0.5) is 10.5 Å². The molecule has 0 saturated heterocycles. The van der Waals surface area contributed by atoms with Gasteiger partial charge >= 0.3 is 6.03 Å². The number of ether oxygens (including phenoxy) is 2. The molecule has 0 saturated carbocycles. The number of hydrogen-bond acceptors (Lipinski definition) is 4. The van der Waals surface area contributed by atoms with Crippen LogP contribution in [0.3, 0.4) is 0 Å². The second-order valence-electron chi connectivity index (χ2n) is 4.39. The summed E-state index contributed by atoms with van der Waals surface area (Å²) in [4.78, 5) is 13.8. The molecule has 1 aromatic carbocycles. The smallest absolute Gasteiger partial charge is 0.322 e. The van der Waals surface area contributed by atoms with Crippen LogP contribution >= 0.6 is 0 Å². The molecule has 7 nitrogen and oxygen atoms in total. The van der Waals surface area contributed by atoms with E-state index in [2.05, 4.69) is 5.32 Å². The van der Waals surface area contributed by atoms with Gasteiger partial charge in [0, 0.05) is 26.6 Å². The van der Waals surface area contributed by atoms with Gasteiger partial charge in [-0.25, -0.2) is 4.79 Å². The zero-order chi connectivity index (χ0) is 15.7. The van der Waals surface area contributed by atoms with E-state index in [0.717, 1.165) is 0 Å². The predicted molar refractivity (Wildman–Crippen MR) is 82.0 cm³/mol. The highest BCUT2D eigenvalue weighted by molar-refractivity contribution is 5.91. The summed E-state index contributed by atoms with van der Waals surface area (Å²) < 4.78 is 10.2. The number of para-hydroxylation sites is 2. The summed E-state index contributed by atoms with van der Waals surface area (Å²) in [5.41, 5.74) is 5.93. The van der Waals surface area contributed by atoms with E-state index >= 15 is 0 Å². The van der Waals surface area contributed by atoms with Crippen LogP contribution < -0.4 is 15.8 Å². The minimum absolute atomic E-state index is 0.0440. The van der Waals surface area contributed by atoms with Gasteiger partial charge in [-0.15, -0.1) is 0 Å². The maximum atomic E-state index is 12.3. The Hall–Kier alpha value is -2.28. The molecule has 1 rings (SSSR count). The summed E-state index contributed by atoms with van der Waals surface area (Å²) in [7, 11) is 3.12. The number of carbonyl (C=O) groups excluding carboxylic acids is 1. The zero-order valence-corrected chi connectivity index (χ0v) is 12.4. The summed E-state index contributed by atoms with van der Waals surface area (Å²) in [5.74, 6) is 0.631. The van der Waals surface area contributed by atoms with E-state index in [0.29, 0.717) is 37.6 Å². The van der Waals surface area contributed by atoms with Crippen molar-refractivity contribution in [1.82, 2.24) is 4.90 Å². The number of anilines is 1. The Kier molecular flexibility index (Phi) is 7.03. The first kappa shape index (κ1) is 16.8. The number of urea groups is 1. The number of methoxy groups -OCH3 is 2. The monoisotopic (exact) mass is 294 g/mol. The molecule has 1 aromatic rings. The fourth-order valence-electron chi connectivity index (χ4n) is 1.71. The van der Waals surface area contributed by atoms with Crippen molar-refractivity contribution < 1.29 is 14.3 Å². The van der Waals surface area contributed by atoms with Crippen LogP contribution in [0.2, 0.25) is 0 Å². The second kappa shape index (κ2) is 8.80. The van der Waals surface area contributed by atoms with Crippen molar-refractivity contribution in [3.05, 3.63) is 24.3 Å². The van der Waals surface area contributed by atoms with Crippen LogP contribution in [-0.4, -0.2) is 50.7 Å². The molecule has 0 bridgehead atoms. The summed E-state index contributed by atoms with van der Waals surface area (Å²) in [6, 6.07) is 6.89. The molecule has 21 heavy (non-hydrogen) atoms. The Morgan fingerprint density at radius 3 is 2.67 bits per heavy atom. The van der Waals surface area contributed by atoms with Gasteiger partial charge in [0.05, 0.1) is 25.2 Å². The van der Waals surface area contributed by atoms with Crippen molar-refractivity contribution in [2.45, 2.75) is 6.42 Å². The molecule has 7 heteroatoms. The third kappa shape index (κ3) is 5.70. The van der Waals surface area contributed by atoms with Gasteiger partial charge in [0.15, 0.2) is 0 Å². The van der Waals surface area contributed by atoms with E-state index < -0.39 is 0 Å². The number of amides is 2. The number of nitrogens with zero attached hydrogens (tertiary/aromatic N) is 1. The number of nitrogens with one attached hydrogen (secondary N) is 2. The third-order valence-electron chi connectivity index (χ3n) is 2.85. The minimum Gasteiger partial charge on any atom is -0.495 e. The lowest BCUT2D eigenvalue weighted by atomic mass is 10.3. The van der Waals surface area contributed by atoms with Crippen LogP contribution in [0.15, 0.2) is 24.3 Å². The average molecular weight is 294 g/mol. The lowest BCUT2D eigenvalue weighted by molar-refractivity contribution is 0.156. The van der Waals surface area contributed by atoms with Crippen molar-refractivity contribution in [2.75, 3.05) is 39.2 Å². The normalized spacial score (nSPS) is 10.0. The molecule has 0 aliphatic rings. The standard InChI is InChI=1S/C14H22N4O3/c1-20-10-9-18(8-7-13(15)16)14(19)17-11-5-3-4-6-12(11)21-2/h3-6H,7-10H2,1-2H3,(H3,15,16)(H,17,19). The molecule has 2 amide bonds. The van der Waals surface area contributed by atoms with E-state index in [1.165, 1.54) is 0 Å². The van der Waals surface area contributed by atoms with Gasteiger partial charge in [-0.1, -0.05) is 12.1 Å². The first-order valence-corrected chi connectivity index (χ1v) is 6.59. The molecule has 0 atom stereocenters. The van der Waals surface area contributed by atoms with E-state index in [9.17, 15) is 4.79 Å². The molecule has 116 valence electrons. The molecule has 0 radical (unpaired) electrons. The number of nitrogens with two attached hydrogens (primary N) is 1. The van der Waals surface area contributed by atoms with Crippen molar-refractivity contribution in [1.29, 1.82) is 5.41 Å². The van der Waals surface area contributed by atoms with Gasteiger partial charge in [-0.2, -0.15) is 0 Å². The van der Waals surface area contributed by atoms with Crippen molar-refractivity contribution >= 4 is 17.6 Å². The van der Waals surface area contributed by atoms with Gasteiger partial charge in [-0.3, -0.25) is 5.41 Å². The van der Waals surface area contributed by atoms with Crippen LogP contribution in [0.1, 0.15) is 6.42 Å². The Labute approximate surface area is 124 Å². The highest BCUT2D eigenvalue weighted by Gasteiger charge is 2.15. The van der Waals surface area contributed by atoms with Crippen LogP contribution in [-0.2, 0) is 4.74 Å². The number of carbonyl (C=O) groups is 1. The van der Waals surface area contributed by atoms with Crippen LogP contribution in [0.25, 0.3) is 0 Å². The highest BCUT2D eigenvalue weighted by atomic mass is 16.5. The average Bonchev–Trinajstić information content (AvgIpc) is 2.47. The highest BCUT2D eigenvalue weighted by Crippen LogP contribution is 2.23. The molecule has 4 N–H and O–H groups in total.